The number of urea groups is 1. The topological polar surface area (TPSA) is 110 Å². The van der Waals surface area contributed by atoms with Crippen LogP contribution in [0.1, 0.15) is 49.7 Å². The van der Waals surface area contributed by atoms with Crippen LogP contribution < -0.4 is 15.4 Å². The van der Waals surface area contributed by atoms with Gasteiger partial charge in [0.15, 0.2) is 11.6 Å². The van der Waals surface area contributed by atoms with Crippen molar-refractivity contribution in [1.29, 1.82) is 0 Å². The lowest BCUT2D eigenvalue weighted by Crippen LogP contribution is -2.32. The molecule has 200 valence electrons. The van der Waals surface area contributed by atoms with Crippen molar-refractivity contribution in [3.05, 3.63) is 47.2 Å². The lowest BCUT2D eigenvalue weighted by atomic mass is 9.97. The molecule has 0 bridgehead atoms. The highest BCUT2D eigenvalue weighted by molar-refractivity contribution is 7.21. The number of anilines is 1. The highest BCUT2D eigenvalue weighted by Crippen LogP contribution is 2.37. The molecular weight excluding hydrogens is 511 g/mol. The van der Waals surface area contributed by atoms with Crippen molar-refractivity contribution in [3.63, 3.8) is 0 Å². The first-order valence-corrected chi connectivity index (χ1v) is 13.3. The Bertz CT molecular complexity index is 1400. The Morgan fingerprint density at radius 1 is 1.11 bits per heavy atom. The maximum absolute atomic E-state index is 14.8. The molecule has 1 saturated carbocycles. The summed E-state index contributed by atoms with van der Waals surface area (Å²) in [6.45, 7) is 6.19. The summed E-state index contributed by atoms with van der Waals surface area (Å²) in [5, 5.41) is 5.40. The molecule has 9 nitrogen and oxygen atoms in total. The number of thiophene rings is 1. The third kappa shape index (κ3) is 5.88. The van der Waals surface area contributed by atoms with E-state index in [1.165, 1.54) is 29.7 Å². The third-order valence-electron chi connectivity index (χ3n) is 6.23. The number of aromatic nitrogens is 1. The average molecular weight is 541 g/mol. The molecule has 3 aromatic rings. The first kappa shape index (κ1) is 25.9. The molecule has 1 aliphatic heterocycles. The Morgan fingerprint density at radius 3 is 2.61 bits per heavy atom. The van der Waals surface area contributed by atoms with Crippen molar-refractivity contribution >= 4 is 45.1 Å². The minimum absolute atomic E-state index is 0.0185. The number of carbonyl (C=O) groups is 3. The van der Waals surface area contributed by atoms with Gasteiger partial charge in [-0.15, -0.1) is 11.3 Å². The van der Waals surface area contributed by atoms with Gasteiger partial charge in [-0.05, 0) is 51.8 Å². The number of rotatable bonds is 6. The van der Waals surface area contributed by atoms with Gasteiger partial charge in [0.2, 0.25) is 0 Å². The summed E-state index contributed by atoms with van der Waals surface area (Å²) < 4.78 is 26.8. The van der Waals surface area contributed by atoms with Crippen molar-refractivity contribution in [2.75, 3.05) is 18.4 Å². The maximum Gasteiger partial charge on any atom is 0.319 e. The van der Waals surface area contributed by atoms with Gasteiger partial charge in [0.1, 0.15) is 11.9 Å². The first-order valence-electron chi connectivity index (χ1n) is 12.5. The Kier molecular flexibility index (Phi) is 6.95. The van der Waals surface area contributed by atoms with E-state index < -0.39 is 11.2 Å². The quantitative estimate of drug-likeness (QED) is 0.410. The van der Waals surface area contributed by atoms with Crippen LogP contribution in [0.3, 0.4) is 0 Å². The summed E-state index contributed by atoms with van der Waals surface area (Å²) in [6.07, 6.45) is 3.69. The number of hydrogen-bond acceptors (Lipinski definition) is 7. The fraction of sp³-hybridized carbons (Fsp3) is 0.407. The highest BCUT2D eigenvalue weighted by atomic mass is 32.1. The van der Waals surface area contributed by atoms with Gasteiger partial charge in [0.25, 0.3) is 5.91 Å². The van der Waals surface area contributed by atoms with Crippen molar-refractivity contribution < 1.29 is 28.2 Å². The van der Waals surface area contributed by atoms with E-state index >= 15 is 0 Å². The van der Waals surface area contributed by atoms with Crippen LogP contribution in [0.25, 0.3) is 10.2 Å². The second-order valence-electron chi connectivity index (χ2n) is 10.6. The molecule has 3 heterocycles. The van der Waals surface area contributed by atoms with Crippen LogP contribution in [0.5, 0.6) is 11.5 Å². The SMILES string of the molecule is CC(C)(C)C(=O)OC1CCN(C(=O)c2cc3nccc(Oc4ccc(NC(=O)NC5CC5)cc4F)c3s2)C1. The van der Waals surface area contributed by atoms with Crippen molar-refractivity contribution in [1.82, 2.24) is 15.2 Å². The van der Waals surface area contributed by atoms with E-state index in [4.69, 9.17) is 9.47 Å². The monoisotopic (exact) mass is 540 g/mol. The zero-order valence-electron chi connectivity index (χ0n) is 21.4. The fourth-order valence-electron chi connectivity index (χ4n) is 3.95. The Hall–Kier alpha value is -3.73. The molecule has 1 atom stereocenters. The van der Waals surface area contributed by atoms with Crippen LogP contribution in [-0.4, -0.2) is 53.0 Å². The van der Waals surface area contributed by atoms with Gasteiger partial charge in [-0.25, -0.2) is 9.18 Å². The largest absolute Gasteiger partial charge is 0.460 e. The predicted octanol–water partition coefficient (Wildman–Crippen LogP) is 5.32. The molecule has 1 aromatic carbocycles. The Morgan fingerprint density at radius 2 is 1.89 bits per heavy atom. The number of benzene rings is 1. The number of nitrogens with one attached hydrogen (secondary N) is 2. The molecule has 0 radical (unpaired) electrons. The Balaban J connectivity index is 1.27. The number of pyridine rings is 1. The zero-order valence-corrected chi connectivity index (χ0v) is 22.2. The molecule has 2 N–H and O–H groups in total. The van der Waals surface area contributed by atoms with Gasteiger partial charge in [0.05, 0.1) is 27.1 Å². The van der Waals surface area contributed by atoms with Crippen molar-refractivity contribution in [2.24, 2.45) is 5.41 Å². The van der Waals surface area contributed by atoms with E-state index in [0.717, 1.165) is 12.8 Å². The van der Waals surface area contributed by atoms with Gasteiger partial charge >= 0.3 is 12.0 Å². The number of hydrogen-bond donors (Lipinski definition) is 2. The lowest BCUT2D eigenvalue weighted by molar-refractivity contribution is -0.157. The van der Waals surface area contributed by atoms with Gasteiger partial charge in [-0.1, -0.05) is 0 Å². The molecule has 5 rings (SSSR count). The van der Waals surface area contributed by atoms with E-state index in [-0.39, 0.29) is 35.8 Å². The van der Waals surface area contributed by atoms with Crippen molar-refractivity contribution in [3.8, 4) is 11.5 Å². The molecule has 2 aromatic heterocycles. The van der Waals surface area contributed by atoms with Crippen LogP contribution >= 0.6 is 11.3 Å². The van der Waals surface area contributed by atoms with Gasteiger partial charge in [0, 0.05) is 43.0 Å². The van der Waals surface area contributed by atoms with Gasteiger partial charge in [-0.2, -0.15) is 0 Å². The smallest absolute Gasteiger partial charge is 0.319 e. The number of nitrogens with zero attached hydrogens (tertiary/aromatic N) is 2. The van der Waals surface area contributed by atoms with E-state index in [1.807, 2.05) is 0 Å². The Labute approximate surface area is 223 Å². The molecule has 1 unspecified atom stereocenters. The summed E-state index contributed by atoms with van der Waals surface area (Å²) >= 11 is 1.21. The molecule has 3 amide bonds. The molecule has 1 aliphatic carbocycles. The number of likely N-dealkylation sites (tertiary alicyclic amines) is 1. The van der Waals surface area contributed by atoms with Crippen LogP contribution in [-0.2, 0) is 9.53 Å². The van der Waals surface area contributed by atoms with Crippen LogP contribution in [0, 0.1) is 11.2 Å². The van der Waals surface area contributed by atoms with Crippen LogP contribution in [0.2, 0.25) is 0 Å². The summed E-state index contributed by atoms with van der Waals surface area (Å²) in [4.78, 5) is 43.8. The normalized spacial score (nSPS) is 17.4. The third-order valence-corrected chi connectivity index (χ3v) is 7.35. The minimum atomic E-state index is -0.639. The second kappa shape index (κ2) is 10.2. The average Bonchev–Trinajstić information content (AvgIpc) is 3.36. The van der Waals surface area contributed by atoms with E-state index in [2.05, 4.69) is 15.6 Å². The summed E-state index contributed by atoms with van der Waals surface area (Å²) in [5.74, 6) is -0.764. The molecule has 2 aliphatic rings. The first-order chi connectivity index (χ1) is 18.1. The number of esters is 1. The van der Waals surface area contributed by atoms with Gasteiger partial charge in [-0.3, -0.25) is 14.6 Å². The highest BCUT2D eigenvalue weighted by Gasteiger charge is 2.33. The fourth-order valence-corrected chi connectivity index (χ4v) is 4.99. The van der Waals surface area contributed by atoms with Crippen LogP contribution in [0.15, 0.2) is 36.5 Å². The molecule has 11 heteroatoms. The number of ether oxygens (including phenoxy) is 2. The number of fused-ring (bicyclic) bond motifs is 1. The molecule has 2 fully saturated rings. The number of halogens is 1. The minimum Gasteiger partial charge on any atom is -0.460 e. The van der Waals surface area contributed by atoms with Gasteiger partial charge < -0.3 is 25.0 Å². The zero-order chi connectivity index (χ0) is 27.0. The van der Waals surface area contributed by atoms with Crippen LogP contribution in [0.4, 0.5) is 14.9 Å². The second-order valence-corrected chi connectivity index (χ2v) is 11.6. The van der Waals surface area contributed by atoms with E-state index in [0.29, 0.717) is 46.0 Å². The standard InChI is InChI=1S/C27H29FN4O5S/c1-27(2,3)25(34)36-17-9-11-32(14-17)24(33)22-13-19-23(38-22)21(8-10-29-19)37-20-7-6-16(12-18(20)28)31-26(35)30-15-4-5-15/h6-8,10,12-13,15,17H,4-5,9,11,14H2,1-3H3,(H2,30,31,35). The van der Waals surface area contributed by atoms with E-state index in [9.17, 15) is 18.8 Å². The molecular formula is C27H29FN4O5S. The summed E-state index contributed by atoms with van der Waals surface area (Å²) in [7, 11) is 0. The summed E-state index contributed by atoms with van der Waals surface area (Å²) in [5.41, 5.74) is 0.265. The van der Waals surface area contributed by atoms with Crippen molar-refractivity contribution in [2.45, 2.75) is 52.2 Å². The lowest BCUT2D eigenvalue weighted by Gasteiger charge is -2.21. The molecule has 38 heavy (non-hydrogen) atoms. The molecule has 1 saturated heterocycles. The predicted molar refractivity (Wildman–Crippen MR) is 141 cm³/mol. The molecule has 0 spiro atoms. The summed E-state index contributed by atoms with van der Waals surface area (Å²) in [6, 6.07) is 7.31. The number of carbonyl (C=O) groups excluding carboxylic acids is 3. The number of amides is 3. The van der Waals surface area contributed by atoms with E-state index in [1.54, 1.807) is 43.9 Å². The maximum atomic E-state index is 14.8.